The molecule has 0 spiro atoms. The zero-order chi connectivity index (χ0) is 20.6. The highest BCUT2D eigenvalue weighted by Crippen LogP contribution is 2.27. The normalized spacial score (nSPS) is 18.7. The number of pyridine rings is 1. The number of benzene rings is 1. The number of carbonyl (C=O) groups is 2. The van der Waals surface area contributed by atoms with Crippen molar-refractivity contribution in [1.82, 2.24) is 9.88 Å². The molecule has 2 heterocycles. The molecular weight excluding hydrogens is 370 g/mol. The van der Waals surface area contributed by atoms with E-state index in [1.807, 2.05) is 0 Å². The molecule has 0 radical (unpaired) electrons. The summed E-state index contributed by atoms with van der Waals surface area (Å²) in [7, 11) is 1.53. The minimum atomic E-state index is -1.88. The Balaban J connectivity index is 2.06. The second kappa shape index (κ2) is 6.90. The summed E-state index contributed by atoms with van der Waals surface area (Å²) in [6.45, 7) is 0.332. The maximum Gasteiger partial charge on any atom is 0.269 e. The van der Waals surface area contributed by atoms with E-state index in [2.05, 4.69) is 16.8 Å². The van der Waals surface area contributed by atoms with Gasteiger partial charge in [-0.15, -0.1) is 0 Å². The van der Waals surface area contributed by atoms with Crippen LogP contribution in [0.15, 0.2) is 24.3 Å². The quantitative estimate of drug-likeness (QED) is 0.654. The van der Waals surface area contributed by atoms with Crippen LogP contribution in [0.2, 0.25) is 0 Å². The molecule has 1 aromatic heterocycles. The van der Waals surface area contributed by atoms with Gasteiger partial charge in [-0.05, 0) is 24.3 Å². The van der Waals surface area contributed by atoms with E-state index >= 15 is 0 Å². The number of nitrogen functional groups attached to an aromatic ring is 1. The molecule has 28 heavy (non-hydrogen) atoms. The smallest absolute Gasteiger partial charge is 0.269 e. The van der Waals surface area contributed by atoms with Gasteiger partial charge in [0.15, 0.2) is 17.3 Å². The van der Waals surface area contributed by atoms with Crippen LogP contribution in [-0.4, -0.2) is 46.0 Å². The summed E-state index contributed by atoms with van der Waals surface area (Å²) in [5.41, 5.74) is 8.31. The minimum Gasteiger partial charge on any atom is -0.397 e. The van der Waals surface area contributed by atoms with Crippen LogP contribution in [-0.2, 0) is 4.79 Å². The zero-order valence-corrected chi connectivity index (χ0v) is 14.8. The lowest BCUT2D eigenvalue weighted by atomic mass is 10.0. The summed E-state index contributed by atoms with van der Waals surface area (Å²) in [6.07, 6.45) is 0.105. The maximum absolute atomic E-state index is 14.3. The third-order valence-electron chi connectivity index (χ3n) is 4.39. The second-order valence-corrected chi connectivity index (χ2v) is 6.41. The number of primary amides is 1. The summed E-state index contributed by atoms with van der Waals surface area (Å²) in [6, 6.07) is 4.64. The van der Waals surface area contributed by atoms with Crippen LogP contribution in [0, 0.1) is 23.5 Å². The topological polar surface area (TPSA) is 123 Å². The van der Waals surface area contributed by atoms with Gasteiger partial charge in [0.25, 0.3) is 11.8 Å². The van der Waals surface area contributed by atoms with Gasteiger partial charge >= 0.3 is 0 Å². The lowest BCUT2D eigenvalue weighted by Crippen LogP contribution is -2.37. The number of amides is 2. The molecule has 1 aliphatic rings. The summed E-state index contributed by atoms with van der Waals surface area (Å²) < 4.78 is 28.4. The number of carbonyl (C=O) groups excluding carboxylic acids is 2. The van der Waals surface area contributed by atoms with Crippen molar-refractivity contribution >= 4 is 17.5 Å². The van der Waals surface area contributed by atoms with E-state index < -0.39 is 29.0 Å². The summed E-state index contributed by atoms with van der Waals surface area (Å²) >= 11 is 0. The SMILES string of the molecule is CN1CCC(O)(C#Cc2cc(F)c(F)c(-c3ccc(N)c(C(N)=O)n3)c2)C1=O. The van der Waals surface area contributed by atoms with Crippen molar-refractivity contribution < 1.29 is 23.5 Å². The van der Waals surface area contributed by atoms with Gasteiger partial charge < -0.3 is 21.5 Å². The van der Waals surface area contributed by atoms with Crippen LogP contribution in [0.5, 0.6) is 0 Å². The van der Waals surface area contributed by atoms with Crippen LogP contribution in [0.1, 0.15) is 22.5 Å². The summed E-state index contributed by atoms with van der Waals surface area (Å²) in [4.78, 5) is 28.6. The first-order chi connectivity index (χ1) is 13.1. The van der Waals surface area contributed by atoms with Crippen molar-refractivity contribution in [2.75, 3.05) is 19.3 Å². The van der Waals surface area contributed by atoms with Crippen molar-refractivity contribution in [3.05, 3.63) is 47.2 Å². The Labute approximate surface area is 159 Å². The van der Waals surface area contributed by atoms with Gasteiger partial charge in [-0.25, -0.2) is 13.8 Å². The molecule has 3 rings (SSSR count). The van der Waals surface area contributed by atoms with Crippen LogP contribution in [0.3, 0.4) is 0 Å². The van der Waals surface area contributed by atoms with Crippen molar-refractivity contribution in [1.29, 1.82) is 0 Å². The van der Waals surface area contributed by atoms with Gasteiger partial charge in [-0.1, -0.05) is 11.8 Å². The van der Waals surface area contributed by atoms with E-state index in [9.17, 15) is 23.5 Å². The fraction of sp³-hybridized carbons (Fsp3) is 0.211. The Kier molecular flexibility index (Phi) is 4.75. The molecule has 1 aromatic carbocycles. The lowest BCUT2D eigenvalue weighted by Gasteiger charge is -2.13. The number of hydrogen-bond donors (Lipinski definition) is 3. The Morgan fingerprint density at radius 2 is 2.07 bits per heavy atom. The molecule has 0 bridgehead atoms. The van der Waals surface area contributed by atoms with E-state index in [1.54, 1.807) is 0 Å². The van der Waals surface area contributed by atoms with Crippen molar-refractivity contribution in [3.8, 4) is 23.1 Å². The van der Waals surface area contributed by atoms with E-state index in [1.165, 1.54) is 30.1 Å². The Morgan fingerprint density at radius 1 is 1.36 bits per heavy atom. The third kappa shape index (κ3) is 3.37. The number of likely N-dealkylation sites (tertiary alicyclic amines) is 1. The molecule has 2 aromatic rings. The number of nitrogens with zero attached hydrogens (tertiary/aromatic N) is 2. The van der Waals surface area contributed by atoms with Gasteiger partial charge in [-0.3, -0.25) is 9.59 Å². The highest BCUT2D eigenvalue weighted by atomic mass is 19.2. The number of aliphatic hydroxyl groups is 1. The predicted octanol–water partition coefficient (Wildman–Crippen LogP) is 0.653. The average molecular weight is 386 g/mol. The highest BCUT2D eigenvalue weighted by molar-refractivity contribution is 5.96. The Hall–Kier alpha value is -3.51. The first-order valence-electron chi connectivity index (χ1n) is 8.19. The number of hydrogen-bond acceptors (Lipinski definition) is 5. The van der Waals surface area contributed by atoms with Gasteiger partial charge in [-0.2, -0.15) is 0 Å². The molecule has 7 nitrogen and oxygen atoms in total. The molecule has 2 amide bonds. The van der Waals surface area contributed by atoms with Crippen LogP contribution in [0.4, 0.5) is 14.5 Å². The number of anilines is 1. The minimum absolute atomic E-state index is 0.000774. The summed E-state index contributed by atoms with van der Waals surface area (Å²) in [5.74, 6) is 1.05. The van der Waals surface area contributed by atoms with E-state index in [0.717, 1.165) is 6.07 Å². The molecule has 0 saturated carbocycles. The molecule has 1 aliphatic heterocycles. The fourth-order valence-corrected chi connectivity index (χ4v) is 2.81. The molecule has 0 aliphatic carbocycles. The van der Waals surface area contributed by atoms with Crippen LogP contribution in [0.25, 0.3) is 11.3 Å². The monoisotopic (exact) mass is 386 g/mol. The largest absolute Gasteiger partial charge is 0.397 e. The van der Waals surface area contributed by atoms with Gasteiger partial charge in [0.1, 0.15) is 0 Å². The van der Waals surface area contributed by atoms with E-state index in [-0.39, 0.29) is 34.6 Å². The van der Waals surface area contributed by atoms with E-state index in [0.29, 0.717) is 6.54 Å². The number of rotatable bonds is 2. The van der Waals surface area contributed by atoms with Crippen molar-refractivity contribution in [3.63, 3.8) is 0 Å². The van der Waals surface area contributed by atoms with Gasteiger partial charge in [0.05, 0.1) is 11.4 Å². The molecule has 9 heteroatoms. The highest BCUT2D eigenvalue weighted by Gasteiger charge is 2.42. The third-order valence-corrected chi connectivity index (χ3v) is 4.39. The standard InChI is InChI=1S/C19H16F2N4O3/c1-25-7-6-19(28,18(25)27)5-4-10-8-11(15(21)12(20)9-10)14-3-2-13(22)16(24-14)17(23)26/h2-3,8-9,28H,6-7,22H2,1H3,(H2,23,26). The molecule has 1 saturated heterocycles. The zero-order valence-electron chi connectivity index (χ0n) is 14.8. The lowest BCUT2D eigenvalue weighted by molar-refractivity contribution is -0.137. The Morgan fingerprint density at radius 3 is 2.68 bits per heavy atom. The molecule has 144 valence electrons. The van der Waals surface area contributed by atoms with E-state index in [4.69, 9.17) is 11.5 Å². The number of halogens is 2. The van der Waals surface area contributed by atoms with Crippen LogP contribution < -0.4 is 11.5 Å². The number of likely N-dealkylation sites (N-methyl/N-ethyl adjacent to an activating group) is 1. The summed E-state index contributed by atoms with van der Waals surface area (Å²) in [5, 5.41) is 10.3. The number of nitrogens with two attached hydrogens (primary N) is 2. The van der Waals surface area contributed by atoms with Crippen LogP contribution >= 0.6 is 0 Å². The molecule has 5 N–H and O–H groups in total. The average Bonchev–Trinajstić information content (AvgIpc) is 2.91. The van der Waals surface area contributed by atoms with Crippen molar-refractivity contribution in [2.45, 2.75) is 12.0 Å². The fourth-order valence-electron chi connectivity index (χ4n) is 2.81. The molecule has 1 fully saturated rings. The first-order valence-corrected chi connectivity index (χ1v) is 8.19. The molecular formula is C19H16F2N4O3. The predicted molar refractivity (Wildman–Crippen MR) is 96.6 cm³/mol. The number of aromatic nitrogens is 1. The molecule has 1 atom stereocenters. The molecule has 1 unspecified atom stereocenters. The first kappa shape index (κ1) is 19.3. The van der Waals surface area contributed by atoms with Gasteiger partial charge in [0.2, 0.25) is 5.60 Å². The maximum atomic E-state index is 14.3. The second-order valence-electron chi connectivity index (χ2n) is 6.41. The van der Waals surface area contributed by atoms with Crippen molar-refractivity contribution in [2.24, 2.45) is 5.73 Å². The van der Waals surface area contributed by atoms with Gasteiger partial charge in [0, 0.05) is 31.1 Å². The Bertz CT molecular complexity index is 1060.